The van der Waals surface area contributed by atoms with E-state index in [9.17, 15) is 4.79 Å². The van der Waals surface area contributed by atoms with Crippen molar-refractivity contribution in [3.05, 3.63) is 41.1 Å². The van der Waals surface area contributed by atoms with Crippen molar-refractivity contribution >= 4 is 11.9 Å². The molecule has 0 saturated heterocycles. The van der Waals surface area contributed by atoms with Gasteiger partial charge in [-0.25, -0.2) is 14.8 Å². The Morgan fingerprint density at radius 1 is 1.22 bits per heavy atom. The summed E-state index contributed by atoms with van der Waals surface area (Å²) in [5.41, 5.74) is 8.92. The average Bonchev–Trinajstić information content (AvgIpc) is 2.31. The molecule has 1 heterocycles. The Balaban J connectivity index is 2.63. The lowest BCUT2D eigenvalue weighted by Crippen LogP contribution is -2.06. The molecule has 0 spiro atoms. The largest absolute Gasteiger partial charge is 0.477 e. The zero-order chi connectivity index (χ0) is 13.3. The summed E-state index contributed by atoms with van der Waals surface area (Å²) in [7, 11) is 0. The van der Waals surface area contributed by atoms with Gasteiger partial charge in [0.15, 0.2) is 5.69 Å². The van der Waals surface area contributed by atoms with Crippen molar-refractivity contribution < 1.29 is 9.90 Å². The summed E-state index contributed by atoms with van der Waals surface area (Å²) in [5.74, 6) is -1.15. The first-order chi connectivity index (χ1) is 8.47. The third-order valence-corrected chi connectivity index (χ3v) is 2.63. The number of nitrogens with zero attached hydrogens (tertiary/aromatic N) is 2. The summed E-state index contributed by atoms with van der Waals surface area (Å²) >= 11 is 0. The number of aryl methyl sites for hydroxylation is 2. The van der Waals surface area contributed by atoms with E-state index in [-0.39, 0.29) is 11.6 Å². The highest BCUT2D eigenvalue weighted by Crippen LogP contribution is 2.23. The number of rotatable bonds is 2. The predicted molar refractivity (Wildman–Crippen MR) is 68.3 cm³/mol. The molecule has 0 bridgehead atoms. The maximum Gasteiger partial charge on any atom is 0.354 e. The number of benzene rings is 1. The summed E-state index contributed by atoms with van der Waals surface area (Å²) in [5, 5.41) is 8.96. The van der Waals surface area contributed by atoms with E-state index in [1.165, 1.54) is 6.07 Å². The number of anilines is 1. The number of carbonyl (C=O) groups is 1. The Kier molecular flexibility index (Phi) is 2.97. The van der Waals surface area contributed by atoms with E-state index >= 15 is 0 Å². The van der Waals surface area contributed by atoms with E-state index in [2.05, 4.69) is 9.97 Å². The quantitative estimate of drug-likeness (QED) is 0.842. The minimum absolute atomic E-state index is 0.0363. The summed E-state index contributed by atoms with van der Waals surface area (Å²) in [6, 6.07) is 7.33. The van der Waals surface area contributed by atoms with E-state index in [4.69, 9.17) is 10.8 Å². The lowest BCUT2D eigenvalue weighted by molar-refractivity contribution is 0.0690. The molecule has 0 fully saturated rings. The van der Waals surface area contributed by atoms with Crippen LogP contribution in [-0.2, 0) is 0 Å². The molecule has 0 saturated carbocycles. The normalized spacial score (nSPS) is 10.3. The Hall–Kier alpha value is -2.43. The second-order valence-electron chi connectivity index (χ2n) is 4.12. The van der Waals surface area contributed by atoms with Crippen LogP contribution in [0.15, 0.2) is 24.3 Å². The van der Waals surface area contributed by atoms with Gasteiger partial charge in [0.25, 0.3) is 0 Å². The highest BCUT2D eigenvalue weighted by atomic mass is 16.4. The summed E-state index contributed by atoms with van der Waals surface area (Å²) in [4.78, 5) is 18.7. The first kappa shape index (κ1) is 12.0. The monoisotopic (exact) mass is 243 g/mol. The van der Waals surface area contributed by atoms with Crippen molar-refractivity contribution in [1.29, 1.82) is 0 Å². The van der Waals surface area contributed by atoms with Gasteiger partial charge in [-0.15, -0.1) is 0 Å². The first-order valence-electron chi connectivity index (χ1n) is 5.43. The fourth-order valence-electron chi connectivity index (χ4n) is 1.73. The molecule has 5 heteroatoms. The summed E-state index contributed by atoms with van der Waals surface area (Å²) in [6.45, 7) is 3.90. The molecule has 2 aromatic rings. The third-order valence-electron chi connectivity index (χ3n) is 2.63. The second-order valence-corrected chi connectivity index (χ2v) is 4.12. The summed E-state index contributed by atoms with van der Waals surface area (Å²) in [6.07, 6.45) is 0. The fourth-order valence-corrected chi connectivity index (χ4v) is 1.73. The highest BCUT2D eigenvalue weighted by Gasteiger charge is 2.11. The minimum Gasteiger partial charge on any atom is -0.477 e. The maximum atomic E-state index is 10.9. The van der Waals surface area contributed by atoms with Gasteiger partial charge >= 0.3 is 5.97 Å². The van der Waals surface area contributed by atoms with Gasteiger partial charge in [-0.2, -0.15) is 0 Å². The molecule has 0 unspecified atom stereocenters. The van der Waals surface area contributed by atoms with Crippen LogP contribution in [0.2, 0.25) is 0 Å². The van der Waals surface area contributed by atoms with Crippen molar-refractivity contribution in [2.75, 3.05) is 5.73 Å². The zero-order valence-corrected chi connectivity index (χ0v) is 10.1. The molecule has 0 aliphatic carbocycles. The topological polar surface area (TPSA) is 89.1 Å². The van der Waals surface area contributed by atoms with Crippen molar-refractivity contribution in [3.8, 4) is 11.3 Å². The van der Waals surface area contributed by atoms with Crippen LogP contribution in [0.1, 0.15) is 21.6 Å². The van der Waals surface area contributed by atoms with Crippen LogP contribution in [0.25, 0.3) is 11.3 Å². The Labute approximate surface area is 104 Å². The molecule has 2 rings (SSSR count). The molecule has 18 heavy (non-hydrogen) atoms. The molecule has 0 aliphatic rings. The van der Waals surface area contributed by atoms with E-state index in [1.807, 2.05) is 32.0 Å². The van der Waals surface area contributed by atoms with Crippen molar-refractivity contribution in [3.63, 3.8) is 0 Å². The van der Waals surface area contributed by atoms with Crippen LogP contribution >= 0.6 is 0 Å². The van der Waals surface area contributed by atoms with Gasteiger partial charge in [0.1, 0.15) is 0 Å². The smallest absolute Gasteiger partial charge is 0.354 e. The van der Waals surface area contributed by atoms with Gasteiger partial charge in [-0.05, 0) is 31.5 Å². The molecule has 3 N–H and O–H groups in total. The fraction of sp³-hybridized carbons (Fsp3) is 0.154. The molecular formula is C13H13N3O2. The number of aromatic nitrogens is 2. The van der Waals surface area contributed by atoms with Crippen molar-refractivity contribution in [2.45, 2.75) is 13.8 Å². The molecule has 0 amide bonds. The van der Waals surface area contributed by atoms with Gasteiger partial charge in [0.05, 0.1) is 5.69 Å². The first-order valence-corrected chi connectivity index (χ1v) is 5.43. The highest BCUT2D eigenvalue weighted by molar-refractivity contribution is 5.87. The number of nitrogen functional groups attached to an aromatic ring is 1. The van der Waals surface area contributed by atoms with Gasteiger partial charge in [-0.3, -0.25) is 0 Å². The Morgan fingerprint density at radius 2 is 1.94 bits per heavy atom. The number of hydrogen-bond donors (Lipinski definition) is 2. The number of hydrogen-bond acceptors (Lipinski definition) is 4. The Morgan fingerprint density at radius 3 is 2.61 bits per heavy atom. The summed E-state index contributed by atoms with van der Waals surface area (Å²) < 4.78 is 0. The van der Waals surface area contributed by atoms with E-state index in [0.717, 1.165) is 16.7 Å². The van der Waals surface area contributed by atoms with Crippen molar-refractivity contribution in [1.82, 2.24) is 9.97 Å². The lowest BCUT2D eigenvalue weighted by Gasteiger charge is -2.07. The third kappa shape index (κ3) is 2.29. The SMILES string of the molecule is Cc1ccc(C)c(-c2cc(C(=O)O)nc(N)n2)c1. The number of carboxylic acids is 1. The average molecular weight is 243 g/mol. The molecule has 1 aromatic heterocycles. The molecular weight excluding hydrogens is 230 g/mol. The minimum atomic E-state index is -1.12. The van der Waals surface area contributed by atoms with E-state index in [0.29, 0.717) is 5.69 Å². The van der Waals surface area contributed by atoms with Gasteiger partial charge in [-0.1, -0.05) is 17.7 Å². The van der Waals surface area contributed by atoms with Crippen LogP contribution < -0.4 is 5.73 Å². The van der Waals surface area contributed by atoms with E-state index < -0.39 is 5.97 Å². The van der Waals surface area contributed by atoms with E-state index in [1.54, 1.807) is 0 Å². The maximum absolute atomic E-state index is 10.9. The predicted octanol–water partition coefficient (Wildman–Crippen LogP) is 2.04. The molecule has 92 valence electrons. The van der Waals surface area contributed by atoms with Crippen LogP contribution in [-0.4, -0.2) is 21.0 Å². The number of nitrogens with two attached hydrogens (primary N) is 1. The van der Waals surface area contributed by atoms with Gasteiger partial charge in [0, 0.05) is 5.56 Å². The number of aromatic carboxylic acids is 1. The molecule has 5 nitrogen and oxygen atoms in total. The second kappa shape index (κ2) is 4.44. The zero-order valence-electron chi connectivity index (χ0n) is 10.1. The van der Waals surface area contributed by atoms with Crippen LogP contribution in [0.5, 0.6) is 0 Å². The standard InChI is InChI=1S/C13H13N3O2/c1-7-3-4-8(2)9(5-7)10-6-11(12(17)18)16-13(14)15-10/h3-6H,1-2H3,(H,17,18)(H2,14,15,16). The van der Waals surface area contributed by atoms with Gasteiger partial charge in [0.2, 0.25) is 5.95 Å². The molecule has 0 atom stereocenters. The number of carboxylic acid groups (broad SMARTS) is 1. The Bertz CT molecular complexity index is 624. The van der Waals surface area contributed by atoms with Crippen LogP contribution in [0.3, 0.4) is 0 Å². The van der Waals surface area contributed by atoms with Crippen LogP contribution in [0.4, 0.5) is 5.95 Å². The molecule has 1 aromatic carbocycles. The van der Waals surface area contributed by atoms with Crippen molar-refractivity contribution in [2.24, 2.45) is 0 Å². The lowest BCUT2D eigenvalue weighted by atomic mass is 10.0. The molecule has 0 radical (unpaired) electrons. The molecule has 0 aliphatic heterocycles. The van der Waals surface area contributed by atoms with Crippen LogP contribution in [0, 0.1) is 13.8 Å². The van der Waals surface area contributed by atoms with Gasteiger partial charge < -0.3 is 10.8 Å².